The molecule has 0 radical (unpaired) electrons. The quantitative estimate of drug-likeness (QED) is 0.139. The van der Waals surface area contributed by atoms with Crippen molar-refractivity contribution in [3.63, 3.8) is 0 Å². The van der Waals surface area contributed by atoms with Gasteiger partial charge in [-0.1, -0.05) is 206 Å². The maximum Gasteiger partial charge on any atom is 0.0754 e. The summed E-state index contributed by atoms with van der Waals surface area (Å²) in [6, 6.07) is 83.9. The van der Waals surface area contributed by atoms with Gasteiger partial charge in [-0.05, 0) is 146 Å². The first-order chi connectivity index (χ1) is 33.2. The van der Waals surface area contributed by atoms with Crippen molar-refractivity contribution in [1.29, 1.82) is 0 Å². The van der Waals surface area contributed by atoms with Crippen molar-refractivity contribution in [1.82, 2.24) is 5.32 Å². The van der Waals surface area contributed by atoms with Crippen LogP contribution in [0.4, 0.5) is 17.1 Å². The summed E-state index contributed by atoms with van der Waals surface area (Å²) in [4.78, 5) is 2.45. The second-order valence-corrected chi connectivity index (χ2v) is 18.4. The molecule has 1 spiro atoms. The summed E-state index contributed by atoms with van der Waals surface area (Å²) in [5.41, 5.74) is 22.6. The maximum absolute atomic E-state index is 3.95. The molecule has 2 nitrogen and oxygen atoms in total. The Balaban J connectivity index is 0.889. The molecule has 322 valence electrons. The van der Waals surface area contributed by atoms with Crippen LogP contribution in [0.15, 0.2) is 243 Å². The van der Waals surface area contributed by atoms with E-state index >= 15 is 0 Å². The summed E-state index contributed by atoms with van der Waals surface area (Å²) in [7, 11) is 0. The summed E-state index contributed by atoms with van der Waals surface area (Å²) in [6.45, 7) is 0.833. The van der Waals surface area contributed by atoms with Gasteiger partial charge in [-0.25, -0.2) is 0 Å². The molecule has 1 N–H and O–H groups in total. The number of hydrogen-bond donors (Lipinski definition) is 1. The van der Waals surface area contributed by atoms with Crippen molar-refractivity contribution in [3.8, 4) is 33.4 Å². The second kappa shape index (κ2) is 17.5. The number of hydrogen-bond acceptors (Lipinski definition) is 2. The lowest BCUT2D eigenvalue weighted by Crippen LogP contribution is -2.36. The highest BCUT2D eigenvalue weighted by atomic mass is 15.2. The third kappa shape index (κ3) is 7.44. The molecule has 0 amide bonds. The number of nitrogens with zero attached hydrogens (tertiary/aromatic N) is 1. The van der Waals surface area contributed by atoms with Crippen molar-refractivity contribution in [3.05, 3.63) is 287 Å². The van der Waals surface area contributed by atoms with Crippen LogP contribution < -0.4 is 10.2 Å². The standard InChI is InChI=1S/C65H52N2/c1-4-18-47(19-5-1)45-66-55(41-46-34-36-50(37-35-46)49-21-6-2-7-22-49)42-48-20-16-23-51(40-48)52-24-17-25-53(43-52)54-38-39-58-57-28-10-11-29-59(57)65(62(58)44-54)60-30-12-14-32-63(60)67(56-26-8-3-9-27-56)64-33-15-13-31-61(64)65/h1-6,8-21,23-40,43-44,55,66H,7,22,41-42,45H2/t55-/m1/s1. The number of benzene rings is 9. The van der Waals surface area contributed by atoms with Gasteiger partial charge in [0.05, 0.1) is 16.8 Å². The van der Waals surface area contributed by atoms with Crippen LogP contribution >= 0.6 is 0 Å². The minimum Gasteiger partial charge on any atom is -0.310 e. The highest BCUT2D eigenvalue weighted by Crippen LogP contribution is 2.63. The third-order valence-corrected chi connectivity index (χ3v) is 14.4. The largest absolute Gasteiger partial charge is 0.310 e. The van der Waals surface area contributed by atoms with Gasteiger partial charge >= 0.3 is 0 Å². The first kappa shape index (κ1) is 40.7. The van der Waals surface area contributed by atoms with E-state index in [1.807, 2.05) is 0 Å². The predicted octanol–water partition coefficient (Wildman–Crippen LogP) is 15.8. The first-order valence-corrected chi connectivity index (χ1v) is 23.9. The highest BCUT2D eigenvalue weighted by molar-refractivity contribution is 5.96. The molecule has 0 fully saturated rings. The zero-order valence-corrected chi connectivity index (χ0v) is 37.7. The topological polar surface area (TPSA) is 15.3 Å². The van der Waals surface area contributed by atoms with E-state index in [4.69, 9.17) is 0 Å². The smallest absolute Gasteiger partial charge is 0.0754 e. The predicted molar refractivity (Wildman–Crippen MR) is 280 cm³/mol. The van der Waals surface area contributed by atoms with Gasteiger partial charge in [-0.15, -0.1) is 0 Å². The molecule has 12 rings (SSSR count). The van der Waals surface area contributed by atoms with Crippen LogP contribution in [-0.2, 0) is 24.8 Å². The summed E-state index contributed by atoms with van der Waals surface area (Å²) in [5, 5.41) is 3.95. The Morgan fingerprint density at radius 1 is 0.433 bits per heavy atom. The lowest BCUT2D eigenvalue weighted by Gasteiger charge is -2.45. The van der Waals surface area contributed by atoms with Crippen molar-refractivity contribution in [2.45, 2.75) is 43.7 Å². The Kier molecular flexibility index (Phi) is 10.7. The van der Waals surface area contributed by atoms with E-state index in [0.717, 1.165) is 37.9 Å². The molecule has 0 saturated heterocycles. The number of rotatable bonds is 11. The van der Waals surface area contributed by atoms with Crippen LogP contribution in [0.25, 0.3) is 39.0 Å². The van der Waals surface area contributed by atoms with Gasteiger partial charge in [0.15, 0.2) is 0 Å². The van der Waals surface area contributed by atoms with Crippen LogP contribution in [0.3, 0.4) is 0 Å². The van der Waals surface area contributed by atoms with E-state index in [-0.39, 0.29) is 6.04 Å². The van der Waals surface area contributed by atoms with E-state index < -0.39 is 5.41 Å². The van der Waals surface area contributed by atoms with Gasteiger partial charge in [0.1, 0.15) is 0 Å². The Bertz CT molecular complexity index is 3260. The van der Waals surface area contributed by atoms with Gasteiger partial charge in [-0.3, -0.25) is 0 Å². The molecule has 1 aliphatic heterocycles. The van der Waals surface area contributed by atoms with Gasteiger partial charge in [0.2, 0.25) is 0 Å². The summed E-state index contributed by atoms with van der Waals surface area (Å²) >= 11 is 0. The summed E-state index contributed by atoms with van der Waals surface area (Å²) in [6.07, 6.45) is 10.8. The number of para-hydroxylation sites is 3. The van der Waals surface area contributed by atoms with Gasteiger partial charge in [0, 0.05) is 18.3 Å². The van der Waals surface area contributed by atoms with Gasteiger partial charge in [-0.2, -0.15) is 0 Å². The van der Waals surface area contributed by atoms with Crippen molar-refractivity contribution in [2.75, 3.05) is 4.90 Å². The molecule has 3 aliphatic rings. The van der Waals surface area contributed by atoms with Crippen molar-refractivity contribution >= 4 is 22.6 Å². The van der Waals surface area contributed by atoms with Crippen LogP contribution in [0.5, 0.6) is 0 Å². The van der Waals surface area contributed by atoms with Crippen molar-refractivity contribution in [2.24, 2.45) is 0 Å². The Hall–Kier alpha value is -7.78. The normalized spacial score (nSPS) is 14.4. The highest BCUT2D eigenvalue weighted by Gasteiger charge is 2.51. The Morgan fingerprint density at radius 3 is 1.72 bits per heavy atom. The molecule has 0 unspecified atom stereocenters. The molecule has 0 bridgehead atoms. The van der Waals surface area contributed by atoms with E-state index in [1.165, 1.54) is 94.8 Å². The molecule has 9 aromatic carbocycles. The Morgan fingerprint density at radius 2 is 1.00 bits per heavy atom. The lowest BCUT2D eigenvalue weighted by atomic mass is 9.64. The number of anilines is 3. The molecule has 1 atom stereocenters. The molecular weight excluding hydrogens is 809 g/mol. The lowest BCUT2D eigenvalue weighted by molar-refractivity contribution is 0.505. The van der Waals surface area contributed by atoms with Gasteiger partial charge < -0.3 is 10.2 Å². The monoisotopic (exact) mass is 860 g/mol. The molecule has 9 aromatic rings. The zero-order chi connectivity index (χ0) is 44.6. The first-order valence-electron chi connectivity index (χ1n) is 23.9. The van der Waals surface area contributed by atoms with E-state index in [1.54, 1.807) is 0 Å². The second-order valence-electron chi connectivity index (χ2n) is 18.4. The Labute approximate surface area is 395 Å². The molecule has 0 saturated carbocycles. The van der Waals surface area contributed by atoms with Crippen LogP contribution in [0, 0.1) is 0 Å². The SMILES string of the molecule is C1=CCCC(c2ccc(C[C@H](Cc3cccc(-c4cccc(-c5ccc6c(c5)C5(c7ccccc7-6)c6ccccc6N(c6ccccc6)c6ccccc65)c4)c3)NCc3ccccc3)cc2)=C1. The molecule has 2 heteroatoms. The van der Waals surface area contributed by atoms with E-state index in [9.17, 15) is 0 Å². The average Bonchev–Trinajstić information content (AvgIpc) is 3.69. The molecule has 1 heterocycles. The fourth-order valence-electron chi connectivity index (χ4n) is 11.2. The third-order valence-electron chi connectivity index (χ3n) is 14.4. The van der Waals surface area contributed by atoms with Gasteiger partial charge in [0.25, 0.3) is 0 Å². The number of fused-ring (bicyclic) bond motifs is 9. The fraction of sp³-hybridized carbons (Fsp3) is 0.108. The molecule has 0 aromatic heterocycles. The molecular formula is C65H52N2. The average molecular weight is 861 g/mol. The number of nitrogens with one attached hydrogen (secondary N) is 1. The molecule has 2 aliphatic carbocycles. The van der Waals surface area contributed by atoms with Crippen molar-refractivity contribution < 1.29 is 0 Å². The maximum atomic E-state index is 3.95. The van der Waals surface area contributed by atoms with Crippen LogP contribution in [-0.4, -0.2) is 6.04 Å². The summed E-state index contributed by atoms with van der Waals surface area (Å²) in [5.74, 6) is 0. The summed E-state index contributed by atoms with van der Waals surface area (Å²) < 4.78 is 0. The van der Waals surface area contributed by atoms with Crippen LogP contribution in [0.2, 0.25) is 0 Å². The minimum atomic E-state index is -0.496. The number of allylic oxidation sites excluding steroid dienone is 4. The van der Waals surface area contributed by atoms with E-state index in [2.05, 4.69) is 253 Å². The fourth-order valence-corrected chi connectivity index (χ4v) is 11.2. The molecule has 67 heavy (non-hydrogen) atoms. The van der Waals surface area contributed by atoms with E-state index in [0.29, 0.717) is 0 Å². The zero-order valence-electron chi connectivity index (χ0n) is 37.7. The van der Waals surface area contributed by atoms with Crippen LogP contribution in [0.1, 0.15) is 57.3 Å². The minimum absolute atomic E-state index is 0.266.